The zero-order chi connectivity index (χ0) is 40.3. The lowest BCUT2D eigenvalue weighted by Gasteiger charge is -2.30. The van der Waals surface area contributed by atoms with Crippen LogP contribution in [-0.4, -0.2) is 9.97 Å². The first-order chi connectivity index (χ1) is 30.2. The highest BCUT2D eigenvalue weighted by molar-refractivity contribution is 5.96. The number of hydrogen-bond acceptors (Lipinski definition) is 2. The van der Waals surface area contributed by atoms with Crippen LogP contribution in [0.4, 0.5) is 0 Å². The quantitative estimate of drug-likeness (QED) is 0.168. The van der Waals surface area contributed by atoms with Crippen LogP contribution < -0.4 is 0 Å². The maximum absolute atomic E-state index is 5.18. The number of fused-ring (bicyclic) bond motifs is 10. The van der Waals surface area contributed by atoms with Crippen LogP contribution in [0.5, 0.6) is 0 Å². The Bertz CT molecular complexity index is 3230. The highest BCUT2D eigenvalue weighted by Crippen LogP contribution is 2.63. The van der Waals surface area contributed by atoms with Crippen molar-refractivity contribution in [1.29, 1.82) is 0 Å². The Morgan fingerprint density at radius 2 is 0.590 bits per heavy atom. The Hall–Kier alpha value is -7.94. The molecule has 10 aromatic rings. The first kappa shape index (κ1) is 35.0. The average Bonchev–Trinajstić information content (AvgIpc) is 3.82. The molecule has 0 atom stereocenters. The standard InChI is InChI=1S/C59H38N2/c1-3-15-39(16-4-1)44-20-14-22-47(36-44)58-60-56(41-17-5-2-6-18-41)38-57(61-58)42-31-29-40(30-32-42)43-19-13-21-45(35-43)46-33-34-51-50-25-9-12-28-54(50)59(55(51)37-46)52-26-10-7-23-48(52)49-24-8-11-27-53(49)59/h1-38H. The summed E-state index contributed by atoms with van der Waals surface area (Å²) in [6.07, 6.45) is 0. The van der Waals surface area contributed by atoms with Crippen LogP contribution in [0.1, 0.15) is 22.3 Å². The number of benzene rings is 9. The Morgan fingerprint density at radius 3 is 1.16 bits per heavy atom. The fourth-order valence-corrected chi connectivity index (χ4v) is 9.94. The van der Waals surface area contributed by atoms with Gasteiger partial charge in [-0.05, 0) is 102 Å². The van der Waals surface area contributed by atoms with E-state index in [1.807, 2.05) is 12.1 Å². The van der Waals surface area contributed by atoms with E-state index in [1.54, 1.807) is 0 Å². The van der Waals surface area contributed by atoms with E-state index in [0.29, 0.717) is 5.82 Å². The maximum Gasteiger partial charge on any atom is 0.160 e. The molecule has 12 rings (SSSR count). The monoisotopic (exact) mass is 774 g/mol. The van der Waals surface area contributed by atoms with E-state index < -0.39 is 0 Å². The smallest absolute Gasteiger partial charge is 0.160 e. The van der Waals surface area contributed by atoms with Crippen molar-refractivity contribution in [2.45, 2.75) is 5.41 Å². The van der Waals surface area contributed by atoms with Crippen molar-refractivity contribution in [2.75, 3.05) is 0 Å². The second kappa shape index (κ2) is 14.1. The molecule has 0 bridgehead atoms. The second-order valence-electron chi connectivity index (χ2n) is 16.1. The molecule has 0 fully saturated rings. The highest BCUT2D eigenvalue weighted by atomic mass is 14.9. The normalized spacial score (nSPS) is 12.7. The predicted molar refractivity (Wildman–Crippen MR) is 251 cm³/mol. The maximum atomic E-state index is 5.18. The molecule has 0 N–H and O–H groups in total. The molecule has 1 spiro atoms. The minimum absolute atomic E-state index is 0.367. The van der Waals surface area contributed by atoms with Gasteiger partial charge in [0.2, 0.25) is 0 Å². The van der Waals surface area contributed by atoms with Gasteiger partial charge in [-0.2, -0.15) is 0 Å². The zero-order valence-electron chi connectivity index (χ0n) is 33.3. The van der Waals surface area contributed by atoms with E-state index in [0.717, 1.165) is 39.2 Å². The molecule has 1 heterocycles. The van der Waals surface area contributed by atoms with Gasteiger partial charge in [-0.3, -0.25) is 0 Å². The zero-order valence-corrected chi connectivity index (χ0v) is 33.3. The molecule has 9 aromatic carbocycles. The van der Waals surface area contributed by atoms with Crippen molar-refractivity contribution in [2.24, 2.45) is 0 Å². The number of nitrogens with zero attached hydrogens (tertiary/aromatic N) is 2. The van der Waals surface area contributed by atoms with Gasteiger partial charge in [-0.1, -0.05) is 206 Å². The molecular formula is C59H38N2. The lowest BCUT2D eigenvalue weighted by Crippen LogP contribution is -2.25. The summed E-state index contributed by atoms with van der Waals surface area (Å²) in [5.41, 5.74) is 22.2. The van der Waals surface area contributed by atoms with E-state index in [1.165, 1.54) is 66.8 Å². The molecular weight excluding hydrogens is 737 g/mol. The van der Waals surface area contributed by atoms with E-state index >= 15 is 0 Å². The Morgan fingerprint density at radius 1 is 0.230 bits per heavy atom. The Balaban J connectivity index is 0.919. The molecule has 2 aliphatic rings. The summed E-state index contributed by atoms with van der Waals surface area (Å²) < 4.78 is 0. The van der Waals surface area contributed by atoms with Crippen LogP contribution >= 0.6 is 0 Å². The van der Waals surface area contributed by atoms with Gasteiger partial charge in [-0.25, -0.2) is 9.97 Å². The summed E-state index contributed by atoms with van der Waals surface area (Å²) in [5.74, 6) is 0.703. The molecule has 0 aliphatic heterocycles. The van der Waals surface area contributed by atoms with Crippen molar-refractivity contribution in [3.8, 4) is 89.5 Å². The van der Waals surface area contributed by atoms with Gasteiger partial charge in [0.05, 0.1) is 16.8 Å². The molecule has 0 unspecified atom stereocenters. The first-order valence-corrected chi connectivity index (χ1v) is 21.0. The fourth-order valence-electron chi connectivity index (χ4n) is 9.94. The molecule has 2 nitrogen and oxygen atoms in total. The first-order valence-electron chi connectivity index (χ1n) is 21.0. The number of hydrogen-bond donors (Lipinski definition) is 0. The largest absolute Gasteiger partial charge is 0.228 e. The van der Waals surface area contributed by atoms with Crippen LogP contribution in [0.15, 0.2) is 231 Å². The van der Waals surface area contributed by atoms with Crippen LogP contribution in [-0.2, 0) is 5.41 Å². The minimum atomic E-state index is -0.367. The number of aromatic nitrogens is 2. The van der Waals surface area contributed by atoms with Crippen molar-refractivity contribution >= 4 is 0 Å². The Labute approximate surface area is 356 Å². The van der Waals surface area contributed by atoms with E-state index in [-0.39, 0.29) is 5.41 Å². The molecule has 0 saturated heterocycles. The summed E-state index contributed by atoms with van der Waals surface area (Å²) >= 11 is 0. The molecule has 2 heteroatoms. The summed E-state index contributed by atoms with van der Waals surface area (Å²) in [7, 11) is 0. The van der Waals surface area contributed by atoms with Crippen LogP contribution in [0.2, 0.25) is 0 Å². The van der Waals surface area contributed by atoms with E-state index in [4.69, 9.17) is 9.97 Å². The summed E-state index contributed by atoms with van der Waals surface area (Å²) in [5, 5.41) is 0. The van der Waals surface area contributed by atoms with Crippen molar-refractivity contribution in [3.05, 3.63) is 253 Å². The third-order valence-electron chi connectivity index (χ3n) is 12.7. The SMILES string of the molecule is c1ccc(-c2cccc(-c3nc(-c4ccccc4)cc(-c4ccc(-c5cccc(-c6ccc7c(c6)C6(c8ccccc8-c8ccccc86)c6ccccc6-7)c5)cc4)n3)c2)cc1. The summed E-state index contributed by atoms with van der Waals surface area (Å²) in [4.78, 5) is 10.3. The topological polar surface area (TPSA) is 25.8 Å². The van der Waals surface area contributed by atoms with Crippen LogP contribution in [0, 0.1) is 0 Å². The molecule has 2 aliphatic carbocycles. The molecule has 0 saturated carbocycles. The van der Waals surface area contributed by atoms with Gasteiger partial charge in [0.1, 0.15) is 0 Å². The molecule has 284 valence electrons. The van der Waals surface area contributed by atoms with Crippen molar-refractivity contribution in [3.63, 3.8) is 0 Å². The third kappa shape index (κ3) is 5.64. The van der Waals surface area contributed by atoms with E-state index in [9.17, 15) is 0 Å². The molecule has 61 heavy (non-hydrogen) atoms. The summed E-state index contributed by atoms with van der Waals surface area (Å²) in [6, 6.07) is 83.3. The lowest BCUT2D eigenvalue weighted by molar-refractivity contribution is 0.794. The van der Waals surface area contributed by atoms with Gasteiger partial charge in [0.25, 0.3) is 0 Å². The average molecular weight is 775 g/mol. The molecule has 1 aromatic heterocycles. The number of rotatable bonds is 6. The van der Waals surface area contributed by atoms with E-state index in [2.05, 4.69) is 218 Å². The minimum Gasteiger partial charge on any atom is -0.228 e. The third-order valence-corrected chi connectivity index (χ3v) is 12.7. The van der Waals surface area contributed by atoms with Gasteiger partial charge in [-0.15, -0.1) is 0 Å². The van der Waals surface area contributed by atoms with Crippen molar-refractivity contribution < 1.29 is 0 Å². The van der Waals surface area contributed by atoms with Gasteiger partial charge in [0.15, 0.2) is 5.82 Å². The predicted octanol–water partition coefficient (Wildman–Crippen LogP) is 14.8. The van der Waals surface area contributed by atoms with Crippen LogP contribution in [0.25, 0.3) is 89.5 Å². The molecule has 0 radical (unpaired) electrons. The van der Waals surface area contributed by atoms with Gasteiger partial charge >= 0.3 is 0 Å². The fraction of sp³-hybridized carbons (Fsp3) is 0.0169. The van der Waals surface area contributed by atoms with Crippen molar-refractivity contribution in [1.82, 2.24) is 9.97 Å². The summed E-state index contributed by atoms with van der Waals surface area (Å²) in [6.45, 7) is 0. The highest BCUT2D eigenvalue weighted by Gasteiger charge is 2.51. The van der Waals surface area contributed by atoms with Crippen LogP contribution in [0.3, 0.4) is 0 Å². The molecule has 0 amide bonds. The second-order valence-corrected chi connectivity index (χ2v) is 16.1. The van der Waals surface area contributed by atoms with Gasteiger partial charge < -0.3 is 0 Å². The Kier molecular flexibility index (Phi) is 8.11. The lowest BCUT2D eigenvalue weighted by atomic mass is 9.70. The van der Waals surface area contributed by atoms with Gasteiger partial charge in [0, 0.05) is 16.7 Å².